The number of benzene rings is 3. The summed E-state index contributed by atoms with van der Waals surface area (Å²) >= 11 is 11.9. The van der Waals surface area contributed by atoms with Gasteiger partial charge in [0.05, 0.1) is 4.90 Å². The fourth-order valence-electron chi connectivity index (χ4n) is 3.48. The van der Waals surface area contributed by atoms with E-state index >= 15 is 0 Å². The summed E-state index contributed by atoms with van der Waals surface area (Å²) in [4.78, 5) is 0.167. The number of nitrogens with one attached hydrogen (secondary N) is 1. The Hall–Kier alpha value is -2.31. The van der Waals surface area contributed by atoms with Gasteiger partial charge < -0.3 is 4.57 Å². The number of hydrogen-bond acceptors (Lipinski definition) is 2. The van der Waals surface area contributed by atoms with E-state index < -0.39 is 10.0 Å². The molecule has 0 aliphatic carbocycles. The van der Waals surface area contributed by atoms with Gasteiger partial charge in [0.2, 0.25) is 10.0 Å². The standard InChI is InChI=1S/C23H20Cl2N2O2S/c24-19-10-8-17(9-11-19)15-27-16-18(22-6-1-2-7-23(22)27)12-13-26-30(28,29)21-5-3-4-20(25)14-21/h1-11,14,16,26H,12-13,15H2. The van der Waals surface area contributed by atoms with Crippen molar-refractivity contribution < 1.29 is 8.42 Å². The van der Waals surface area contributed by atoms with Gasteiger partial charge in [-0.3, -0.25) is 0 Å². The summed E-state index contributed by atoms with van der Waals surface area (Å²) in [5, 5.41) is 2.22. The van der Waals surface area contributed by atoms with Gasteiger partial charge in [0, 0.05) is 40.2 Å². The van der Waals surface area contributed by atoms with Crippen molar-refractivity contribution in [3.8, 4) is 0 Å². The second-order valence-electron chi connectivity index (χ2n) is 7.03. The van der Waals surface area contributed by atoms with E-state index in [-0.39, 0.29) is 4.90 Å². The molecule has 0 amide bonds. The van der Waals surface area contributed by atoms with Crippen molar-refractivity contribution in [2.45, 2.75) is 17.9 Å². The lowest BCUT2D eigenvalue weighted by molar-refractivity contribution is 0.581. The van der Waals surface area contributed by atoms with E-state index in [1.54, 1.807) is 12.1 Å². The second kappa shape index (κ2) is 8.82. The Morgan fingerprint density at radius 3 is 2.40 bits per heavy atom. The summed E-state index contributed by atoms with van der Waals surface area (Å²) in [6.45, 7) is 1.01. The first-order valence-electron chi connectivity index (χ1n) is 9.49. The van der Waals surface area contributed by atoms with E-state index in [9.17, 15) is 8.42 Å². The molecule has 0 bridgehead atoms. The third-order valence-electron chi connectivity index (χ3n) is 4.93. The fourth-order valence-corrected chi connectivity index (χ4v) is 4.94. The first-order chi connectivity index (χ1) is 14.4. The molecule has 4 aromatic rings. The molecule has 4 nitrogen and oxygen atoms in total. The third kappa shape index (κ3) is 4.71. The zero-order chi connectivity index (χ0) is 21.1. The van der Waals surface area contributed by atoms with Crippen LogP contribution in [0.15, 0.2) is 83.9 Å². The van der Waals surface area contributed by atoms with Crippen molar-refractivity contribution in [2.75, 3.05) is 6.54 Å². The summed E-state index contributed by atoms with van der Waals surface area (Å²) in [7, 11) is -3.61. The molecule has 0 unspecified atom stereocenters. The van der Waals surface area contributed by atoms with Crippen LogP contribution in [0.3, 0.4) is 0 Å². The van der Waals surface area contributed by atoms with Gasteiger partial charge in [-0.1, -0.05) is 59.6 Å². The Balaban J connectivity index is 1.52. The normalized spacial score (nSPS) is 11.8. The molecule has 0 aliphatic heterocycles. The number of hydrogen-bond donors (Lipinski definition) is 1. The number of fused-ring (bicyclic) bond motifs is 1. The zero-order valence-electron chi connectivity index (χ0n) is 16.1. The van der Waals surface area contributed by atoms with Gasteiger partial charge in [0.15, 0.2) is 0 Å². The van der Waals surface area contributed by atoms with E-state index in [2.05, 4.69) is 27.6 Å². The van der Waals surface area contributed by atoms with Crippen LogP contribution >= 0.6 is 23.2 Å². The van der Waals surface area contributed by atoms with Crippen molar-refractivity contribution >= 4 is 44.1 Å². The zero-order valence-corrected chi connectivity index (χ0v) is 18.4. The molecule has 0 saturated carbocycles. The molecule has 4 rings (SSSR count). The minimum absolute atomic E-state index is 0.167. The fraction of sp³-hybridized carbons (Fsp3) is 0.130. The van der Waals surface area contributed by atoms with Crippen molar-refractivity contribution in [1.82, 2.24) is 9.29 Å². The van der Waals surface area contributed by atoms with Gasteiger partial charge in [-0.25, -0.2) is 13.1 Å². The van der Waals surface area contributed by atoms with Gasteiger partial charge >= 0.3 is 0 Å². The molecule has 1 N–H and O–H groups in total. The number of para-hydroxylation sites is 1. The van der Waals surface area contributed by atoms with Crippen LogP contribution in [0.1, 0.15) is 11.1 Å². The van der Waals surface area contributed by atoms with Crippen LogP contribution in [0.4, 0.5) is 0 Å². The molecule has 0 spiro atoms. The van der Waals surface area contributed by atoms with Crippen LogP contribution in [0.25, 0.3) is 10.9 Å². The molecule has 154 valence electrons. The number of nitrogens with zero attached hydrogens (tertiary/aromatic N) is 1. The highest BCUT2D eigenvalue weighted by molar-refractivity contribution is 7.89. The summed E-state index contributed by atoms with van der Waals surface area (Å²) in [5.41, 5.74) is 3.35. The summed E-state index contributed by atoms with van der Waals surface area (Å²) in [6.07, 6.45) is 2.67. The number of rotatable bonds is 7. The second-order valence-corrected chi connectivity index (χ2v) is 9.67. The van der Waals surface area contributed by atoms with Gasteiger partial charge in [0.25, 0.3) is 0 Å². The van der Waals surface area contributed by atoms with E-state index in [1.807, 2.05) is 36.4 Å². The van der Waals surface area contributed by atoms with Gasteiger partial charge in [-0.2, -0.15) is 0 Å². The highest BCUT2D eigenvalue weighted by Crippen LogP contribution is 2.23. The number of aromatic nitrogens is 1. The lowest BCUT2D eigenvalue weighted by atomic mass is 10.1. The van der Waals surface area contributed by atoms with E-state index in [4.69, 9.17) is 23.2 Å². The Morgan fingerprint density at radius 1 is 0.867 bits per heavy atom. The molecule has 0 atom stereocenters. The Labute approximate surface area is 186 Å². The van der Waals surface area contributed by atoms with Crippen LogP contribution in [0.5, 0.6) is 0 Å². The average Bonchev–Trinajstić information content (AvgIpc) is 3.07. The van der Waals surface area contributed by atoms with Crippen LogP contribution in [0, 0.1) is 0 Å². The maximum absolute atomic E-state index is 12.5. The monoisotopic (exact) mass is 458 g/mol. The van der Waals surface area contributed by atoms with Crippen molar-refractivity contribution in [3.05, 3.63) is 100 Å². The van der Waals surface area contributed by atoms with Gasteiger partial charge in [-0.15, -0.1) is 0 Å². The number of halogens is 2. The SMILES string of the molecule is O=S(=O)(NCCc1cn(Cc2ccc(Cl)cc2)c2ccccc12)c1cccc(Cl)c1. The molecule has 1 heterocycles. The van der Waals surface area contributed by atoms with Crippen molar-refractivity contribution in [2.24, 2.45) is 0 Å². The molecule has 0 aliphatic rings. The first-order valence-corrected chi connectivity index (χ1v) is 11.7. The van der Waals surface area contributed by atoms with Crippen LogP contribution in [-0.4, -0.2) is 19.5 Å². The van der Waals surface area contributed by atoms with Crippen molar-refractivity contribution in [1.29, 1.82) is 0 Å². The molecule has 0 fully saturated rings. The lowest BCUT2D eigenvalue weighted by Crippen LogP contribution is -2.25. The average molecular weight is 459 g/mol. The highest BCUT2D eigenvalue weighted by Gasteiger charge is 2.15. The maximum Gasteiger partial charge on any atom is 0.240 e. The molecular formula is C23H20Cl2N2O2S. The number of sulfonamides is 1. The molecule has 1 aromatic heterocycles. The van der Waals surface area contributed by atoms with Gasteiger partial charge in [0.1, 0.15) is 0 Å². The van der Waals surface area contributed by atoms with Crippen molar-refractivity contribution in [3.63, 3.8) is 0 Å². The largest absolute Gasteiger partial charge is 0.343 e. The first kappa shape index (κ1) is 20.9. The topological polar surface area (TPSA) is 51.1 Å². The minimum atomic E-state index is -3.61. The predicted octanol–water partition coefficient (Wildman–Crippen LogP) is 5.52. The molecule has 7 heteroatoms. The third-order valence-corrected chi connectivity index (χ3v) is 6.88. The van der Waals surface area contributed by atoms with E-state index in [0.29, 0.717) is 29.6 Å². The predicted molar refractivity (Wildman–Crippen MR) is 123 cm³/mol. The lowest BCUT2D eigenvalue weighted by Gasteiger charge is -2.07. The smallest absolute Gasteiger partial charge is 0.240 e. The summed E-state index contributed by atoms with van der Waals surface area (Å²) in [6, 6.07) is 22.2. The minimum Gasteiger partial charge on any atom is -0.343 e. The van der Waals surface area contributed by atoms with Crippen LogP contribution < -0.4 is 4.72 Å². The molecule has 3 aromatic carbocycles. The quantitative estimate of drug-likeness (QED) is 0.396. The summed E-state index contributed by atoms with van der Waals surface area (Å²) < 4.78 is 29.9. The molecule has 0 radical (unpaired) electrons. The summed E-state index contributed by atoms with van der Waals surface area (Å²) in [5.74, 6) is 0. The van der Waals surface area contributed by atoms with Gasteiger partial charge in [-0.05, 0) is 53.9 Å². The molecule has 0 saturated heterocycles. The molecule has 30 heavy (non-hydrogen) atoms. The maximum atomic E-state index is 12.5. The van der Waals surface area contributed by atoms with E-state index in [1.165, 1.54) is 12.1 Å². The van der Waals surface area contributed by atoms with Crippen LogP contribution in [0.2, 0.25) is 10.0 Å². The van der Waals surface area contributed by atoms with E-state index in [0.717, 1.165) is 22.0 Å². The molecular weight excluding hydrogens is 439 g/mol. The highest BCUT2D eigenvalue weighted by atomic mass is 35.5. The Kier molecular flexibility index (Phi) is 6.16. The Bertz CT molecular complexity index is 1280. The Morgan fingerprint density at radius 2 is 1.63 bits per heavy atom. The van der Waals surface area contributed by atoms with Crippen LogP contribution in [-0.2, 0) is 23.0 Å².